The van der Waals surface area contributed by atoms with Crippen LogP contribution in [0.15, 0.2) is 30.3 Å². The maximum absolute atomic E-state index is 10.0. The average molecular weight is 273 g/mol. The highest BCUT2D eigenvalue weighted by atomic mass is 127. The average Bonchev–Trinajstić information content (AvgIpc) is 2.03. The lowest BCUT2D eigenvalue weighted by atomic mass is 10.2. The molecule has 0 amide bonds. The molecular weight excluding hydrogens is 267 g/mol. The highest BCUT2D eigenvalue weighted by Gasteiger charge is 1.86. The number of carbonyl (C=O) groups is 1. The van der Waals surface area contributed by atoms with E-state index in [1.807, 2.05) is 24.3 Å². The molecule has 0 heterocycles. The van der Waals surface area contributed by atoms with Crippen molar-refractivity contribution in [2.45, 2.75) is 0 Å². The van der Waals surface area contributed by atoms with Crippen LogP contribution in [-0.2, 0) is 4.79 Å². The quantitative estimate of drug-likeness (QED) is 0.597. The van der Waals surface area contributed by atoms with E-state index in [1.165, 1.54) is 6.08 Å². The lowest BCUT2D eigenvalue weighted by Gasteiger charge is -1.94. The molecule has 0 unspecified atom stereocenters. The Hall–Kier alpha value is -0.840. The maximum Gasteiger partial charge on any atom is 0.0643 e. The third-order valence-corrected chi connectivity index (χ3v) is 2.00. The van der Waals surface area contributed by atoms with Gasteiger partial charge in [0.2, 0.25) is 0 Å². The summed E-state index contributed by atoms with van der Waals surface area (Å²) < 4.78 is 1.12. The molecule has 3 heteroatoms. The minimum atomic E-state index is -1.17. The molecule has 12 heavy (non-hydrogen) atoms. The zero-order valence-electron chi connectivity index (χ0n) is 6.16. The van der Waals surface area contributed by atoms with Crippen molar-refractivity contribution in [3.63, 3.8) is 0 Å². The molecular formula is C9H6IO2-. The van der Waals surface area contributed by atoms with Crippen LogP contribution >= 0.6 is 22.6 Å². The van der Waals surface area contributed by atoms with Crippen LogP contribution in [0.4, 0.5) is 0 Å². The first-order valence-electron chi connectivity index (χ1n) is 3.33. The largest absolute Gasteiger partial charge is 0.545 e. The number of carbonyl (C=O) groups excluding carboxylic acids is 1. The third-order valence-electron chi connectivity index (χ3n) is 1.28. The lowest BCUT2D eigenvalue weighted by molar-refractivity contribution is -0.297. The van der Waals surface area contributed by atoms with E-state index in [0.29, 0.717) is 0 Å². The van der Waals surface area contributed by atoms with Crippen molar-refractivity contribution in [1.29, 1.82) is 0 Å². The smallest absolute Gasteiger partial charge is 0.0643 e. The van der Waals surface area contributed by atoms with E-state index < -0.39 is 5.97 Å². The molecule has 62 valence electrons. The molecule has 0 fully saturated rings. The van der Waals surface area contributed by atoms with Gasteiger partial charge in [0.25, 0.3) is 0 Å². The zero-order chi connectivity index (χ0) is 8.97. The topological polar surface area (TPSA) is 40.1 Å². The normalized spacial score (nSPS) is 10.4. The molecule has 0 N–H and O–H groups in total. The van der Waals surface area contributed by atoms with Gasteiger partial charge in [0.05, 0.1) is 5.97 Å². The van der Waals surface area contributed by atoms with Crippen molar-refractivity contribution >= 4 is 34.6 Å². The zero-order valence-corrected chi connectivity index (χ0v) is 8.32. The Morgan fingerprint density at radius 3 is 2.42 bits per heavy atom. The minimum Gasteiger partial charge on any atom is -0.545 e. The molecule has 2 nitrogen and oxygen atoms in total. The Morgan fingerprint density at radius 2 is 1.92 bits per heavy atom. The van der Waals surface area contributed by atoms with E-state index in [9.17, 15) is 9.90 Å². The number of carboxylic acid groups (broad SMARTS) is 1. The molecule has 0 aliphatic heterocycles. The summed E-state index contributed by atoms with van der Waals surface area (Å²) in [6.07, 6.45) is 2.52. The summed E-state index contributed by atoms with van der Waals surface area (Å²) in [5, 5.41) is 10.0. The van der Waals surface area contributed by atoms with Crippen LogP contribution in [0.25, 0.3) is 6.08 Å². The maximum atomic E-state index is 10.0. The number of halogens is 1. The van der Waals surface area contributed by atoms with Gasteiger partial charge in [0.15, 0.2) is 0 Å². The van der Waals surface area contributed by atoms with Gasteiger partial charge in [0, 0.05) is 3.57 Å². The van der Waals surface area contributed by atoms with Crippen LogP contribution < -0.4 is 5.11 Å². The van der Waals surface area contributed by atoms with Gasteiger partial charge in [0.1, 0.15) is 0 Å². The summed E-state index contributed by atoms with van der Waals surface area (Å²) in [7, 11) is 0. The van der Waals surface area contributed by atoms with Gasteiger partial charge in [-0.3, -0.25) is 0 Å². The van der Waals surface area contributed by atoms with Gasteiger partial charge in [-0.15, -0.1) is 0 Å². The SMILES string of the molecule is O=C([O-])/C=C/c1ccc(I)cc1. The second-order valence-corrected chi connectivity index (χ2v) is 3.45. The third kappa shape index (κ3) is 3.04. The number of hydrogen-bond acceptors (Lipinski definition) is 2. The highest BCUT2D eigenvalue weighted by molar-refractivity contribution is 14.1. The van der Waals surface area contributed by atoms with Crippen molar-refractivity contribution in [2.75, 3.05) is 0 Å². The van der Waals surface area contributed by atoms with Gasteiger partial charge < -0.3 is 9.90 Å². The first kappa shape index (κ1) is 9.25. The molecule has 1 aromatic rings. The van der Waals surface area contributed by atoms with Crippen LogP contribution in [0, 0.1) is 3.57 Å². The molecule has 0 radical (unpaired) electrons. The van der Waals surface area contributed by atoms with Crippen LogP contribution in [-0.4, -0.2) is 5.97 Å². The lowest BCUT2D eigenvalue weighted by Crippen LogP contribution is -2.18. The van der Waals surface area contributed by atoms with E-state index in [1.54, 1.807) is 0 Å². The number of carboxylic acids is 1. The van der Waals surface area contributed by atoms with Crippen LogP contribution in [0.3, 0.4) is 0 Å². The molecule has 0 bridgehead atoms. The van der Waals surface area contributed by atoms with Gasteiger partial charge in [-0.1, -0.05) is 18.2 Å². The van der Waals surface area contributed by atoms with Crippen molar-refractivity contribution < 1.29 is 9.90 Å². The highest BCUT2D eigenvalue weighted by Crippen LogP contribution is 2.07. The van der Waals surface area contributed by atoms with Crippen molar-refractivity contribution in [3.05, 3.63) is 39.5 Å². The first-order chi connectivity index (χ1) is 5.68. The minimum absolute atomic E-state index is 0.861. The van der Waals surface area contributed by atoms with E-state index in [4.69, 9.17) is 0 Å². The van der Waals surface area contributed by atoms with Crippen LogP contribution in [0.1, 0.15) is 5.56 Å². The van der Waals surface area contributed by atoms with Crippen LogP contribution in [0.5, 0.6) is 0 Å². The first-order valence-corrected chi connectivity index (χ1v) is 4.41. The van der Waals surface area contributed by atoms with Gasteiger partial charge in [-0.25, -0.2) is 0 Å². The molecule has 0 aliphatic carbocycles. The fraction of sp³-hybridized carbons (Fsp3) is 0. The molecule has 0 aromatic heterocycles. The molecule has 0 atom stereocenters. The fourth-order valence-electron chi connectivity index (χ4n) is 0.738. The molecule has 0 saturated carbocycles. The van der Waals surface area contributed by atoms with E-state index >= 15 is 0 Å². The van der Waals surface area contributed by atoms with Crippen LogP contribution in [0.2, 0.25) is 0 Å². The molecule has 1 rings (SSSR count). The second kappa shape index (κ2) is 4.25. The summed E-state index contributed by atoms with van der Waals surface area (Å²) >= 11 is 2.19. The monoisotopic (exact) mass is 273 g/mol. The van der Waals surface area contributed by atoms with E-state index in [2.05, 4.69) is 22.6 Å². The Labute approximate surface area is 84.1 Å². The van der Waals surface area contributed by atoms with Gasteiger partial charge in [-0.2, -0.15) is 0 Å². The Kier molecular flexibility index (Phi) is 3.28. The Bertz CT molecular complexity index is 301. The van der Waals surface area contributed by atoms with E-state index in [-0.39, 0.29) is 0 Å². The summed E-state index contributed by atoms with van der Waals surface area (Å²) in [5.74, 6) is -1.17. The second-order valence-electron chi connectivity index (χ2n) is 2.20. The predicted molar refractivity (Wildman–Crippen MR) is 53.2 cm³/mol. The predicted octanol–water partition coefficient (Wildman–Crippen LogP) is 1.05. The van der Waals surface area contributed by atoms with Crippen molar-refractivity contribution in [2.24, 2.45) is 0 Å². The molecule has 0 spiro atoms. The number of hydrogen-bond donors (Lipinski definition) is 0. The van der Waals surface area contributed by atoms with Crippen molar-refractivity contribution in [3.8, 4) is 0 Å². The standard InChI is InChI=1S/C9H7IO2/c10-8-4-1-7(2-5-8)3-6-9(11)12/h1-6H,(H,11,12)/p-1/b6-3+. The van der Waals surface area contributed by atoms with Gasteiger partial charge >= 0.3 is 0 Å². The van der Waals surface area contributed by atoms with Crippen molar-refractivity contribution in [1.82, 2.24) is 0 Å². The number of aliphatic carboxylic acids is 1. The molecule has 1 aromatic carbocycles. The summed E-state index contributed by atoms with van der Waals surface area (Å²) in [5.41, 5.74) is 0.861. The van der Waals surface area contributed by atoms with E-state index in [0.717, 1.165) is 15.2 Å². The Morgan fingerprint density at radius 1 is 1.33 bits per heavy atom. The summed E-state index contributed by atoms with van der Waals surface area (Å²) in [6.45, 7) is 0. The molecule has 0 aliphatic rings. The summed E-state index contributed by atoms with van der Waals surface area (Å²) in [4.78, 5) is 10.0. The van der Waals surface area contributed by atoms with Gasteiger partial charge in [-0.05, 0) is 46.4 Å². The summed E-state index contributed by atoms with van der Waals surface area (Å²) in [6, 6.07) is 7.52. The number of benzene rings is 1. The Balaban J connectivity index is 2.77. The molecule has 0 saturated heterocycles. The number of rotatable bonds is 2. The fourth-order valence-corrected chi connectivity index (χ4v) is 1.10.